The van der Waals surface area contributed by atoms with Gasteiger partial charge in [-0.1, -0.05) is 31.0 Å². The highest BCUT2D eigenvalue weighted by atomic mass is 16.3. The van der Waals surface area contributed by atoms with Gasteiger partial charge in [0.15, 0.2) is 0 Å². The second-order valence-electron chi connectivity index (χ2n) is 4.57. The molecule has 1 atom stereocenters. The molecule has 1 unspecified atom stereocenters. The number of aromatic hydroxyl groups is 1. The van der Waals surface area contributed by atoms with Crippen LogP contribution in [0.1, 0.15) is 43.9 Å². The molecule has 0 spiro atoms. The second kappa shape index (κ2) is 5.90. The molecule has 0 amide bonds. The normalized spacial score (nSPS) is 13.1. The van der Waals surface area contributed by atoms with Gasteiger partial charge in [-0.3, -0.25) is 4.90 Å². The number of hydrogen-bond donors (Lipinski definition) is 1. The van der Waals surface area contributed by atoms with Gasteiger partial charge in [0.2, 0.25) is 0 Å². The first kappa shape index (κ1) is 13.0. The number of benzene rings is 1. The Bertz CT molecular complexity index is 336. The topological polar surface area (TPSA) is 23.5 Å². The van der Waals surface area contributed by atoms with Gasteiger partial charge < -0.3 is 5.11 Å². The Morgan fingerprint density at radius 2 is 2.06 bits per heavy atom. The lowest BCUT2D eigenvalue weighted by Gasteiger charge is -2.25. The lowest BCUT2D eigenvalue weighted by atomic mass is 10.0. The van der Waals surface area contributed by atoms with E-state index in [0.717, 1.165) is 12.1 Å². The highest BCUT2D eigenvalue weighted by Crippen LogP contribution is 2.28. The number of aryl methyl sites for hydroxylation is 1. The van der Waals surface area contributed by atoms with Gasteiger partial charge in [-0.05, 0) is 39.9 Å². The van der Waals surface area contributed by atoms with Crippen LogP contribution in [0.3, 0.4) is 0 Å². The third kappa shape index (κ3) is 3.24. The van der Waals surface area contributed by atoms with Crippen molar-refractivity contribution in [2.24, 2.45) is 0 Å². The molecule has 0 heterocycles. The zero-order chi connectivity index (χ0) is 12.1. The van der Waals surface area contributed by atoms with Crippen LogP contribution in [0.2, 0.25) is 0 Å². The highest BCUT2D eigenvalue weighted by molar-refractivity contribution is 5.37. The minimum absolute atomic E-state index is 0.270. The maximum Gasteiger partial charge on any atom is 0.120 e. The Balaban J connectivity index is 2.78. The first-order valence-corrected chi connectivity index (χ1v) is 6.06. The van der Waals surface area contributed by atoms with Crippen molar-refractivity contribution in [3.63, 3.8) is 0 Å². The average molecular weight is 221 g/mol. The van der Waals surface area contributed by atoms with Gasteiger partial charge in [-0.25, -0.2) is 0 Å². The lowest BCUT2D eigenvalue weighted by molar-refractivity contribution is 0.252. The summed E-state index contributed by atoms with van der Waals surface area (Å²) in [5, 5.41) is 9.85. The number of nitrogens with zero attached hydrogens (tertiary/aromatic N) is 1. The SMILES string of the molecule is CCCCN(C)C(C)c1cc(C)ccc1O. The van der Waals surface area contributed by atoms with E-state index in [1.165, 1.54) is 18.4 Å². The van der Waals surface area contributed by atoms with Crippen LogP contribution < -0.4 is 0 Å². The first-order chi connectivity index (χ1) is 7.56. The van der Waals surface area contributed by atoms with Crippen molar-refractivity contribution >= 4 is 0 Å². The molecular weight excluding hydrogens is 198 g/mol. The average Bonchev–Trinajstić information content (AvgIpc) is 2.28. The Labute approximate surface area is 98.9 Å². The summed E-state index contributed by atoms with van der Waals surface area (Å²) in [4.78, 5) is 2.29. The number of rotatable bonds is 5. The maximum atomic E-state index is 9.85. The molecule has 2 heteroatoms. The predicted molar refractivity (Wildman–Crippen MR) is 68.8 cm³/mol. The number of phenolic OH excluding ortho intramolecular Hbond substituents is 1. The molecular formula is C14H23NO. The summed E-state index contributed by atoms with van der Waals surface area (Å²) in [5.41, 5.74) is 2.22. The fourth-order valence-electron chi connectivity index (χ4n) is 1.85. The van der Waals surface area contributed by atoms with Crippen molar-refractivity contribution in [1.82, 2.24) is 4.90 Å². The van der Waals surface area contributed by atoms with Gasteiger partial charge in [-0.2, -0.15) is 0 Å². The van der Waals surface area contributed by atoms with Crippen molar-refractivity contribution in [2.45, 2.75) is 39.7 Å². The molecule has 1 aromatic carbocycles. The van der Waals surface area contributed by atoms with Gasteiger partial charge in [-0.15, -0.1) is 0 Å². The number of hydrogen-bond acceptors (Lipinski definition) is 2. The smallest absolute Gasteiger partial charge is 0.120 e. The Morgan fingerprint density at radius 3 is 2.69 bits per heavy atom. The standard InChI is InChI=1S/C14H23NO/c1-5-6-9-15(4)12(3)13-10-11(2)7-8-14(13)16/h7-8,10,12,16H,5-6,9H2,1-4H3. The third-order valence-electron chi connectivity index (χ3n) is 3.16. The van der Waals surface area contributed by atoms with Crippen LogP contribution in [-0.2, 0) is 0 Å². The Kier molecular flexibility index (Phi) is 4.81. The summed E-state index contributed by atoms with van der Waals surface area (Å²) in [6, 6.07) is 6.07. The van der Waals surface area contributed by atoms with Crippen molar-refractivity contribution in [1.29, 1.82) is 0 Å². The summed E-state index contributed by atoms with van der Waals surface area (Å²) in [6.45, 7) is 7.47. The first-order valence-electron chi connectivity index (χ1n) is 6.06. The van der Waals surface area contributed by atoms with Crippen LogP contribution in [0, 0.1) is 6.92 Å². The summed E-state index contributed by atoms with van der Waals surface area (Å²) in [6.07, 6.45) is 2.41. The van der Waals surface area contributed by atoms with Gasteiger partial charge in [0, 0.05) is 11.6 Å². The van der Waals surface area contributed by atoms with Crippen LogP contribution in [0.5, 0.6) is 5.75 Å². The van der Waals surface area contributed by atoms with Gasteiger partial charge >= 0.3 is 0 Å². The van der Waals surface area contributed by atoms with Gasteiger partial charge in [0.1, 0.15) is 5.75 Å². The maximum absolute atomic E-state index is 9.85. The summed E-state index contributed by atoms with van der Waals surface area (Å²) in [7, 11) is 2.11. The van der Waals surface area contributed by atoms with Crippen molar-refractivity contribution in [2.75, 3.05) is 13.6 Å². The largest absolute Gasteiger partial charge is 0.508 e. The molecule has 0 fully saturated rings. The molecule has 0 aromatic heterocycles. The Hall–Kier alpha value is -1.02. The van der Waals surface area contributed by atoms with Gasteiger partial charge in [0.25, 0.3) is 0 Å². The van der Waals surface area contributed by atoms with Crippen LogP contribution in [0.15, 0.2) is 18.2 Å². The second-order valence-corrected chi connectivity index (χ2v) is 4.57. The third-order valence-corrected chi connectivity index (χ3v) is 3.16. The zero-order valence-electron chi connectivity index (χ0n) is 10.8. The molecule has 0 bridgehead atoms. The molecule has 0 saturated carbocycles. The van der Waals surface area contributed by atoms with Crippen LogP contribution in [0.4, 0.5) is 0 Å². The molecule has 0 aliphatic rings. The predicted octanol–water partition coefficient (Wildman–Crippen LogP) is 3.49. The van der Waals surface area contributed by atoms with Crippen LogP contribution >= 0.6 is 0 Å². The fourth-order valence-corrected chi connectivity index (χ4v) is 1.85. The van der Waals surface area contributed by atoms with Gasteiger partial charge in [0.05, 0.1) is 0 Å². The Morgan fingerprint density at radius 1 is 1.38 bits per heavy atom. The molecule has 1 N–H and O–H groups in total. The van der Waals surface area contributed by atoms with Crippen LogP contribution in [0.25, 0.3) is 0 Å². The van der Waals surface area contributed by atoms with Crippen molar-refractivity contribution < 1.29 is 5.11 Å². The fraction of sp³-hybridized carbons (Fsp3) is 0.571. The molecule has 1 aromatic rings. The zero-order valence-corrected chi connectivity index (χ0v) is 10.8. The van der Waals surface area contributed by atoms with E-state index in [-0.39, 0.29) is 6.04 Å². The summed E-state index contributed by atoms with van der Waals surface area (Å²) < 4.78 is 0. The quantitative estimate of drug-likeness (QED) is 0.822. The molecule has 1 rings (SSSR count). The summed E-state index contributed by atoms with van der Waals surface area (Å²) >= 11 is 0. The van der Waals surface area contributed by atoms with E-state index in [1.807, 2.05) is 6.07 Å². The van der Waals surface area contributed by atoms with Crippen LogP contribution in [-0.4, -0.2) is 23.6 Å². The van der Waals surface area contributed by atoms with E-state index in [4.69, 9.17) is 0 Å². The monoisotopic (exact) mass is 221 g/mol. The van der Waals surface area contributed by atoms with E-state index < -0.39 is 0 Å². The molecule has 16 heavy (non-hydrogen) atoms. The number of unbranched alkanes of at least 4 members (excludes halogenated alkanes) is 1. The molecule has 0 aliphatic carbocycles. The van der Waals surface area contributed by atoms with E-state index in [0.29, 0.717) is 5.75 Å². The molecule has 90 valence electrons. The highest BCUT2D eigenvalue weighted by Gasteiger charge is 2.14. The molecule has 0 radical (unpaired) electrons. The molecule has 2 nitrogen and oxygen atoms in total. The van der Waals surface area contributed by atoms with E-state index >= 15 is 0 Å². The number of phenols is 1. The summed E-state index contributed by atoms with van der Waals surface area (Å²) in [5.74, 6) is 0.404. The molecule has 0 aliphatic heterocycles. The van der Waals surface area contributed by atoms with E-state index in [9.17, 15) is 5.11 Å². The molecule has 0 saturated heterocycles. The van der Waals surface area contributed by atoms with E-state index in [1.54, 1.807) is 6.07 Å². The van der Waals surface area contributed by atoms with Crippen molar-refractivity contribution in [3.8, 4) is 5.75 Å². The lowest BCUT2D eigenvalue weighted by Crippen LogP contribution is -2.23. The minimum Gasteiger partial charge on any atom is -0.508 e. The van der Waals surface area contributed by atoms with E-state index in [2.05, 4.69) is 38.8 Å². The van der Waals surface area contributed by atoms with Crippen molar-refractivity contribution in [3.05, 3.63) is 29.3 Å². The minimum atomic E-state index is 0.270.